The fourth-order valence-electron chi connectivity index (χ4n) is 1.97. The van der Waals surface area contributed by atoms with E-state index in [4.69, 9.17) is 33.9 Å². The lowest BCUT2D eigenvalue weighted by molar-refractivity contribution is 0.0210. The molecule has 1 heterocycles. The lowest BCUT2D eigenvalue weighted by Gasteiger charge is -2.23. The van der Waals surface area contributed by atoms with Crippen LogP contribution in [0.5, 0.6) is 0 Å². The van der Waals surface area contributed by atoms with E-state index in [1.165, 1.54) is 12.8 Å². The Balaban J connectivity index is 1.97. The van der Waals surface area contributed by atoms with Crippen LogP contribution in [0.3, 0.4) is 0 Å². The first kappa shape index (κ1) is 15.8. The van der Waals surface area contributed by atoms with Gasteiger partial charge in [-0.15, -0.1) is 0 Å². The molecule has 5 heteroatoms. The molecule has 1 aliphatic rings. The minimum absolute atomic E-state index is 0.333. The summed E-state index contributed by atoms with van der Waals surface area (Å²) >= 11 is 10.3. The molecule has 18 heavy (non-hydrogen) atoms. The van der Waals surface area contributed by atoms with E-state index in [-0.39, 0.29) is 0 Å². The highest BCUT2D eigenvalue weighted by Crippen LogP contribution is 2.15. The Morgan fingerprint density at radius 2 is 2.17 bits per heavy atom. The first-order valence-corrected chi connectivity index (χ1v) is 7.49. The summed E-state index contributed by atoms with van der Waals surface area (Å²) in [6.45, 7) is 1.81. The SMILES string of the molecule is COC(=S)CCCCNC(=S)CC1CCCCO1. The van der Waals surface area contributed by atoms with Crippen molar-refractivity contribution in [1.82, 2.24) is 5.32 Å². The number of hydrogen-bond acceptors (Lipinski definition) is 4. The number of hydrogen-bond donors (Lipinski definition) is 1. The average molecular weight is 289 g/mol. The summed E-state index contributed by atoms with van der Waals surface area (Å²) in [6.07, 6.45) is 7.76. The predicted molar refractivity (Wildman–Crippen MR) is 82.3 cm³/mol. The van der Waals surface area contributed by atoms with Gasteiger partial charge in [-0.05, 0) is 44.3 Å². The number of rotatable bonds is 7. The molecule has 0 bridgehead atoms. The molecule has 1 aliphatic heterocycles. The van der Waals surface area contributed by atoms with E-state index in [2.05, 4.69) is 5.32 Å². The smallest absolute Gasteiger partial charge is 0.159 e. The second-order valence-electron chi connectivity index (χ2n) is 4.58. The van der Waals surface area contributed by atoms with Crippen molar-refractivity contribution in [2.45, 2.75) is 51.0 Å². The highest BCUT2D eigenvalue weighted by atomic mass is 32.1. The molecule has 1 atom stereocenters. The molecule has 0 amide bonds. The van der Waals surface area contributed by atoms with E-state index in [9.17, 15) is 0 Å². The lowest BCUT2D eigenvalue weighted by atomic mass is 10.1. The fraction of sp³-hybridized carbons (Fsp3) is 0.846. The maximum absolute atomic E-state index is 5.66. The van der Waals surface area contributed by atoms with Crippen LogP contribution in [-0.4, -0.2) is 36.4 Å². The van der Waals surface area contributed by atoms with Gasteiger partial charge in [0.2, 0.25) is 0 Å². The average Bonchev–Trinajstić information content (AvgIpc) is 2.39. The summed E-state index contributed by atoms with van der Waals surface area (Å²) in [4.78, 5) is 0.927. The zero-order valence-corrected chi connectivity index (χ0v) is 12.7. The van der Waals surface area contributed by atoms with Crippen molar-refractivity contribution in [3.05, 3.63) is 0 Å². The third kappa shape index (κ3) is 7.24. The van der Waals surface area contributed by atoms with Gasteiger partial charge in [0.05, 0.1) is 18.2 Å². The van der Waals surface area contributed by atoms with Crippen molar-refractivity contribution in [2.24, 2.45) is 0 Å². The van der Waals surface area contributed by atoms with Gasteiger partial charge in [-0.1, -0.05) is 12.2 Å². The molecule has 0 aliphatic carbocycles. The minimum Gasteiger partial charge on any atom is -0.490 e. The van der Waals surface area contributed by atoms with E-state index >= 15 is 0 Å². The molecule has 0 aromatic heterocycles. The third-order valence-electron chi connectivity index (χ3n) is 3.04. The first-order valence-electron chi connectivity index (χ1n) is 6.67. The second-order valence-corrected chi connectivity index (χ2v) is 5.52. The Morgan fingerprint density at radius 1 is 1.33 bits per heavy atom. The minimum atomic E-state index is 0.333. The Morgan fingerprint density at radius 3 is 2.83 bits per heavy atom. The standard InChI is InChI=1S/C13H23NO2S2/c1-15-13(18)7-2-4-8-14-12(17)10-11-6-3-5-9-16-11/h11H,2-10H2,1H3,(H,14,17). The lowest BCUT2D eigenvalue weighted by Crippen LogP contribution is -2.29. The van der Waals surface area contributed by atoms with Crippen LogP contribution in [0, 0.1) is 0 Å². The van der Waals surface area contributed by atoms with Crippen molar-refractivity contribution in [3.63, 3.8) is 0 Å². The highest BCUT2D eigenvalue weighted by Gasteiger charge is 2.15. The topological polar surface area (TPSA) is 30.5 Å². The largest absolute Gasteiger partial charge is 0.490 e. The van der Waals surface area contributed by atoms with Gasteiger partial charge in [0.25, 0.3) is 0 Å². The zero-order valence-electron chi connectivity index (χ0n) is 11.1. The molecule has 104 valence electrons. The first-order chi connectivity index (χ1) is 8.72. The van der Waals surface area contributed by atoms with Gasteiger partial charge in [0, 0.05) is 26.0 Å². The van der Waals surface area contributed by atoms with Crippen LogP contribution in [0.1, 0.15) is 44.9 Å². The van der Waals surface area contributed by atoms with Crippen molar-refractivity contribution in [3.8, 4) is 0 Å². The van der Waals surface area contributed by atoms with Crippen molar-refractivity contribution >= 4 is 34.5 Å². The van der Waals surface area contributed by atoms with Gasteiger partial charge in [-0.25, -0.2) is 0 Å². The molecule has 0 saturated carbocycles. The molecular formula is C13H23NO2S2. The summed E-state index contributed by atoms with van der Waals surface area (Å²) in [5.41, 5.74) is 0. The van der Waals surface area contributed by atoms with Crippen molar-refractivity contribution in [1.29, 1.82) is 0 Å². The molecule has 3 nitrogen and oxygen atoms in total. The highest BCUT2D eigenvalue weighted by molar-refractivity contribution is 7.80. The maximum atomic E-state index is 5.66. The monoisotopic (exact) mass is 289 g/mol. The van der Waals surface area contributed by atoms with E-state index in [0.717, 1.165) is 50.2 Å². The van der Waals surface area contributed by atoms with Crippen LogP contribution in [0.25, 0.3) is 0 Å². The van der Waals surface area contributed by atoms with E-state index in [0.29, 0.717) is 11.2 Å². The van der Waals surface area contributed by atoms with E-state index < -0.39 is 0 Å². The Hall–Kier alpha value is -0.260. The third-order valence-corrected chi connectivity index (χ3v) is 3.73. The predicted octanol–water partition coefficient (Wildman–Crippen LogP) is 3.01. The summed E-state index contributed by atoms with van der Waals surface area (Å²) in [5.74, 6) is 0. The molecule has 0 aromatic carbocycles. The van der Waals surface area contributed by atoms with Crippen molar-refractivity contribution < 1.29 is 9.47 Å². The van der Waals surface area contributed by atoms with E-state index in [1.807, 2.05) is 0 Å². The Bertz CT molecular complexity index is 266. The number of ether oxygens (including phenoxy) is 2. The number of thiocarbonyl (C=S) groups is 2. The molecule has 1 rings (SSSR count). The second kappa shape index (κ2) is 9.64. The summed E-state index contributed by atoms with van der Waals surface area (Å²) < 4.78 is 10.6. The number of methoxy groups -OCH3 is 1. The molecular weight excluding hydrogens is 266 g/mol. The zero-order chi connectivity index (χ0) is 13.2. The number of nitrogens with one attached hydrogen (secondary N) is 1. The Labute approximate surface area is 121 Å². The quantitative estimate of drug-likeness (QED) is 0.575. The van der Waals surface area contributed by atoms with Crippen LogP contribution in [0.15, 0.2) is 0 Å². The van der Waals surface area contributed by atoms with Gasteiger partial charge in [0.1, 0.15) is 0 Å². The molecule has 0 spiro atoms. The van der Waals surface area contributed by atoms with Crippen LogP contribution in [0.2, 0.25) is 0 Å². The van der Waals surface area contributed by atoms with Gasteiger partial charge in [0.15, 0.2) is 5.05 Å². The normalized spacial score (nSPS) is 19.3. The molecule has 0 radical (unpaired) electrons. The van der Waals surface area contributed by atoms with Crippen LogP contribution >= 0.6 is 24.4 Å². The summed E-state index contributed by atoms with van der Waals surface area (Å²) in [5, 5.41) is 3.98. The van der Waals surface area contributed by atoms with Gasteiger partial charge >= 0.3 is 0 Å². The summed E-state index contributed by atoms with van der Waals surface area (Å²) in [7, 11) is 1.62. The molecule has 1 N–H and O–H groups in total. The van der Waals surface area contributed by atoms with Crippen LogP contribution in [-0.2, 0) is 9.47 Å². The maximum Gasteiger partial charge on any atom is 0.159 e. The molecule has 1 unspecified atom stereocenters. The van der Waals surface area contributed by atoms with E-state index in [1.54, 1.807) is 7.11 Å². The van der Waals surface area contributed by atoms with Crippen molar-refractivity contribution in [2.75, 3.05) is 20.3 Å². The van der Waals surface area contributed by atoms with Crippen LogP contribution < -0.4 is 5.32 Å². The van der Waals surface area contributed by atoms with Gasteiger partial charge < -0.3 is 14.8 Å². The molecule has 0 aromatic rings. The molecule has 1 fully saturated rings. The van der Waals surface area contributed by atoms with Crippen LogP contribution in [0.4, 0.5) is 0 Å². The number of unbranched alkanes of at least 4 members (excludes halogenated alkanes) is 1. The summed E-state index contributed by atoms with van der Waals surface area (Å²) in [6, 6.07) is 0. The molecule has 1 saturated heterocycles. The van der Waals surface area contributed by atoms with Gasteiger partial charge in [-0.3, -0.25) is 0 Å². The van der Waals surface area contributed by atoms with Gasteiger partial charge in [-0.2, -0.15) is 0 Å². The fourth-order valence-corrected chi connectivity index (χ4v) is 2.40. The Kier molecular flexibility index (Phi) is 8.46.